The molecule has 0 unspecified atom stereocenters. The number of nitrogens with zero attached hydrogens (tertiary/aromatic N) is 1. The van der Waals surface area contributed by atoms with E-state index in [1.54, 1.807) is 0 Å². The normalized spacial score (nSPS) is 10.6. The van der Waals surface area contributed by atoms with Gasteiger partial charge in [0, 0.05) is 26.0 Å². The second kappa shape index (κ2) is 14.3. The van der Waals surface area contributed by atoms with E-state index in [1.807, 2.05) is 13.8 Å². The zero-order chi connectivity index (χ0) is 22.4. The Balaban J connectivity index is 2.53. The van der Waals surface area contributed by atoms with E-state index in [4.69, 9.17) is 14.2 Å². The van der Waals surface area contributed by atoms with Crippen LogP contribution in [0.25, 0.3) is 0 Å². The van der Waals surface area contributed by atoms with Crippen molar-refractivity contribution in [2.24, 2.45) is 5.92 Å². The molecule has 0 aliphatic carbocycles. The van der Waals surface area contributed by atoms with Crippen molar-refractivity contribution in [3.63, 3.8) is 0 Å². The van der Waals surface area contributed by atoms with Crippen LogP contribution in [0, 0.1) is 5.92 Å². The van der Waals surface area contributed by atoms with Crippen LogP contribution in [-0.2, 0) is 14.3 Å². The summed E-state index contributed by atoms with van der Waals surface area (Å²) in [6.45, 7) is 7.71. The number of esters is 1. The molecule has 0 aliphatic heterocycles. The van der Waals surface area contributed by atoms with E-state index in [9.17, 15) is 14.4 Å². The van der Waals surface area contributed by atoms with Crippen LogP contribution in [0.2, 0.25) is 0 Å². The summed E-state index contributed by atoms with van der Waals surface area (Å²) < 4.78 is 15.6. The third-order valence-corrected chi connectivity index (χ3v) is 3.91. The molecular weight excluding hydrogens is 390 g/mol. The maximum atomic E-state index is 12.3. The lowest BCUT2D eigenvalue weighted by Crippen LogP contribution is -2.32. The van der Waals surface area contributed by atoms with E-state index in [2.05, 4.69) is 22.5 Å². The van der Waals surface area contributed by atoms with Gasteiger partial charge in [-0.3, -0.25) is 14.4 Å². The van der Waals surface area contributed by atoms with Crippen molar-refractivity contribution in [3.05, 3.63) is 23.5 Å². The molecule has 0 saturated heterocycles. The summed E-state index contributed by atoms with van der Waals surface area (Å²) >= 11 is 0. The molecule has 1 aromatic rings. The summed E-state index contributed by atoms with van der Waals surface area (Å²) in [4.78, 5) is 40.2. The SMILES string of the molecule is CCCCOCCCNC(=O)c1cnc(C(=O)NCC(=O)OCC(C)C)c(OC)c1. The van der Waals surface area contributed by atoms with Crippen molar-refractivity contribution < 1.29 is 28.6 Å². The number of hydrogen-bond acceptors (Lipinski definition) is 7. The molecule has 9 nitrogen and oxygen atoms in total. The highest BCUT2D eigenvalue weighted by atomic mass is 16.5. The Morgan fingerprint density at radius 2 is 1.83 bits per heavy atom. The van der Waals surface area contributed by atoms with Crippen LogP contribution in [0.5, 0.6) is 5.75 Å². The van der Waals surface area contributed by atoms with Crippen molar-refractivity contribution >= 4 is 17.8 Å². The first kappa shape index (κ1) is 25.4. The number of carbonyl (C=O) groups is 3. The van der Waals surface area contributed by atoms with Crippen molar-refractivity contribution in [3.8, 4) is 5.75 Å². The summed E-state index contributed by atoms with van der Waals surface area (Å²) in [6.07, 6.45) is 4.10. The lowest BCUT2D eigenvalue weighted by Gasteiger charge is -2.11. The average molecular weight is 424 g/mol. The lowest BCUT2D eigenvalue weighted by atomic mass is 10.2. The Bertz CT molecular complexity index is 693. The second-order valence-electron chi connectivity index (χ2n) is 7.11. The van der Waals surface area contributed by atoms with E-state index in [-0.39, 0.29) is 42.0 Å². The molecule has 168 valence electrons. The average Bonchev–Trinajstić information content (AvgIpc) is 2.74. The highest BCUT2D eigenvalue weighted by Crippen LogP contribution is 2.17. The van der Waals surface area contributed by atoms with Crippen molar-refractivity contribution in [2.75, 3.05) is 40.0 Å². The minimum Gasteiger partial charge on any atom is -0.494 e. The summed E-state index contributed by atoms with van der Waals surface area (Å²) in [5.74, 6) is -1.11. The largest absolute Gasteiger partial charge is 0.494 e. The molecule has 0 atom stereocenters. The molecule has 9 heteroatoms. The first-order valence-electron chi connectivity index (χ1n) is 10.2. The molecule has 0 bridgehead atoms. The van der Waals surface area contributed by atoms with Crippen LogP contribution < -0.4 is 15.4 Å². The second-order valence-corrected chi connectivity index (χ2v) is 7.11. The van der Waals surface area contributed by atoms with Gasteiger partial charge in [-0.1, -0.05) is 27.2 Å². The van der Waals surface area contributed by atoms with Crippen molar-refractivity contribution in [1.29, 1.82) is 0 Å². The van der Waals surface area contributed by atoms with Gasteiger partial charge in [0.05, 0.1) is 19.3 Å². The number of unbranched alkanes of at least 4 members (excludes halogenated alkanes) is 1. The molecular formula is C21H33N3O6. The molecule has 1 rings (SSSR count). The number of ether oxygens (including phenoxy) is 3. The fraction of sp³-hybridized carbons (Fsp3) is 0.619. The minimum absolute atomic E-state index is 0.0185. The van der Waals surface area contributed by atoms with E-state index in [0.29, 0.717) is 19.6 Å². The third-order valence-electron chi connectivity index (χ3n) is 3.91. The first-order valence-corrected chi connectivity index (χ1v) is 10.2. The maximum Gasteiger partial charge on any atom is 0.325 e. The van der Waals surface area contributed by atoms with Gasteiger partial charge in [0.2, 0.25) is 0 Å². The molecule has 2 amide bonds. The Morgan fingerprint density at radius 3 is 2.50 bits per heavy atom. The molecule has 30 heavy (non-hydrogen) atoms. The Kier molecular flexibility index (Phi) is 12.1. The van der Waals surface area contributed by atoms with Gasteiger partial charge in [0.25, 0.3) is 11.8 Å². The standard InChI is InChI=1S/C21H33N3O6/c1-5-6-9-29-10-7-8-22-20(26)16-11-17(28-4)19(23-12-16)21(27)24-13-18(25)30-14-15(2)3/h11-12,15H,5-10,13-14H2,1-4H3,(H,22,26)(H,24,27). The molecule has 0 spiro atoms. The highest BCUT2D eigenvalue weighted by molar-refractivity contribution is 5.99. The number of carbonyl (C=O) groups excluding carboxylic acids is 3. The molecule has 0 saturated carbocycles. The number of aromatic nitrogens is 1. The summed E-state index contributed by atoms with van der Waals surface area (Å²) in [6, 6.07) is 1.44. The van der Waals surface area contributed by atoms with Crippen LogP contribution in [0.15, 0.2) is 12.3 Å². The van der Waals surface area contributed by atoms with E-state index >= 15 is 0 Å². The van der Waals surface area contributed by atoms with Gasteiger partial charge in [0.15, 0.2) is 11.4 Å². The van der Waals surface area contributed by atoms with Gasteiger partial charge in [0.1, 0.15) is 6.54 Å². The molecule has 1 heterocycles. The number of rotatable bonds is 14. The van der Waals surface area contributed by atoms with Crippen LogP contribution in [0.1, 0.15) is 60.9 Å². The van der Waals surface area contributed by atoms with Gasteiger partial charge in [-0.2, -0.15) is 0 Å². The van der Waals surface area contributed by atoms with E-state index in [1.165, 1.54) is 19.4 Å². The van der Waals surface area contributed by atoms with E-state index in [0.717, 1.165) is 19.4 Å². The smallest absolute Gasteiger partial charge is 0.325 e. The zero-order valence-electron chi connectivity index (χ0n) is 18.3. The number of nitrogens with one attached hydrogen (secondary N) is 2. The number of hydrogen-bond donors (Lipinski definition) is 2. The van der Waals surface area contributed by atoms with Crippen molar-refractivity contribution in [1.82, 2.24) is 15.6 Å². The number of pyridine rings is 1. The summed E-state index contributed by atoms with van der Waals surface area (Å²) in [5.41, 5.74) is 0.252. The topological polar surface area (TPSA) is 116 Å². The Hall–Kier alpha value is -2.68. The van der Waals surface area contributed by atoms with E-state index < -0.39 is 11.9 Å². The number of methoxy groups -OCH3 is 1. The van der Waals surface area contributed by atoms with Crippen LogP contribution in [0.4, 0.5) is 0 Å². The minimum atomic E-state index is -0.593. The molecule has 1 aromatic heterocycles. The zero-order valence-corrected chi connectivity index (χ0v) is 18.3. The monoisotopic (exact) mass is 423 g/mol. The Morgan fingerprint density at radius 1 is 1.10 bits per heavy atom. The van der Waals surface area contributed by atoms with Crippen LogP contribution in [0.3, 0.4) is 0 Å². The van der Waals surface area contributed by atoms with Gasteiger partial charge in [-0.15, -0.1) is 0 Å². The van der Waals surface area contributed by atoms with Crippen LogP contribution >= 0.6 is 0 Å². The molecule has 2 N–H and O–H groups in total. The summed E-state index contributed by atoms with van der Waals surface area (Å²) in [5, 5.41) is 5.22. The fourth-order valence-corrected chi connectivity index (χ4v) is 2.27. The van der Waals surface area contributed by atoms with Gasteiger partial charge < -0.3 is 24.8 Å². The van der Waals surface area contributed by atoms with Crippen molar-refractivity contribution in [2.45, 2.75) is 40.0 Å². The van der Waals surface area contributed by atoms with Gasteiger partial charge in [-0.05, 0) is 24.8 Å². The quantitative estimate of drug-likeness (QED) is 0.347. The molecule has 0 fully saturated rings. The first-order chi connectivity index (χ1) is 14.4. The molecule has 0 aromatic carbocycles. The lowest BCUT2D eigenvalue weighted by molar-refractivity contribution is -0.143. The fourth-order valence-electron chi connectivity index (χ4n) is 2.27. The summed E-state index contributed by atoms with van der Waals surface area (Å²) in [7, 11) is 1.38. The van der Waals surface area contributed by atoms with Gasteiger partial charge >= 0.3 is 5.97 Å². The van der Waals surface area contributed by atoms with Gasteiger partial charge in [-0.25, -0.2) is 4.98 Å². The predicted molar refractivity (Wildman–Crippen MR) is 112 cm³/mol. The predicted octanol–water partition coefficient (Wildman–Crippen LogP) is 1.96. The third kappa shape index (κ3) is 9.69. The Labute approximate surface area is 177 Å². The highest BCUT2D eigenvalue weighted by Gasteiger charge is 2.18. The molecule has 0 aliphatic rings. The maximum absolute atomic E-state index is 12.3. The molecule has 0 radical (unpaired) electrons. The number of amides is 2. The van der Waals surface area contributed by atoms with Crippen LogP contribution in [-0.4, -0.2) is 62.8 Å².